The van der Waals surface area contributed by atoms with Gasteiger partial charge in [-0.25, -0.2) is 0 Å². The Balaban J connectivity index is 1.92. The van der Waals surface area contributed by atoms with E-state index in [1.165, 1.54) is 5.56 Å². The smallest absolute Gasteiger partial charge is 0.195 e. The first-order valence-electron chi connectivity index (χ1n) is 7.75. The van der Waals surface area contributed by atoms with Crippen molar-refractivity contribution in [3.8, 4) is 33.8 Å². The molecule has 116 valence electrons. The summed E-state index contributed by atoms with van der Waals surface area (Å²) >= 11 is 0. The fraction of sp³-hybridized carbons (Fsp3) is 0.250. The zero-order valence-electron chi connectivity index (χ0n) is 13.4. The maximum atomic E-state index is 12.4. The number of hydrogen-bond acceptors (Lipinski definition) is 3. The van der Waals surface area contributed by atoms with Gasteiger partial charge in [-0.15, -0.1) is 0 Å². The van der Waals surface area contributed by atoms with Crippen molar-refractivity contribution >= 4 is 0 Å². The van der Waals surface area contributed by atoms with Gasteiger partial charge in [0.1, 0.15) is 18.1 Å². The minimum absolute atomic E-state index is 0.0136. The Morgan fingerprint density at radius 2 is 1.74 bits per heavy atom. The maximum Gasteiger partial charge on any atom is 0.195 e. The van der Waals surface area contributed by atoms with E-state index in [1.54, 1.807) is 18.2 Å². The normalized spacial score (nSPS) is 13.5. The van der Waals surface area contributed by atoms with Gasteiger partial charge in [0.2, 0.25) is 0 Å². The highest BCUT2D eigenvalue weighted by atomic mass is 16.5. The molecule has 0 amide bonds. The van der Waals surface area contributed by atoms with Gasteiger partial charge in [-0.05, 0) is 40.8 Å². The molecule has 1 N–H and O–H groups in total. The lowest BCUT2D eigenvalue weighted by atomic mass is 9.85. The maximum absolute atomic E-state index is 12.4. The van der Waals surface area contributed by atoms with Crippen LogP contribution >= 0.6 is 0 Å². The third-order valence-electron chi connectivity index (χ3n) is 4.50. The van der Waals surface area contributed by atoms with Crippen molar-refractivity contribution in [1.29, 1.82) is 0 Å². The highest BCUT2D eigenvalue weighted by Gasteiger charge is 2.32. The molecule has 0 bridgehead atoms. The molecule has 1 aliphatic heterocycles. The number of rotatable bonds is 0. The molecule has 1 aliphatic rings. The summed E-state index contributed by atoms with van der Waals surface area (Å²) in [6.45, 7) is 6.80. The Morgan fingerprint density at radius 3 is 2.48 bits per heavy atom. The number of ether oxygens (including phenoxy) is 1. The van der Waals surface area contributed by atoms with Gasteiger partial charge in [0.25, 0.3) is 0 Å². The standard InChI is InChI=1S/C20H18O3/c1-20(2,3)12-4-7-16-15(9-12)18-17(19(18)22)14-6-5-13(21)8-11(14)10-23-16/h4-9,21H,10H2,1-3H3. The van der Waals surface area contributed by atoms with Crippen LogP contribution in [0.2, 0.25) is 0 Å². The van der Waals surface area contributed by atoms with E-state index >= 15 is 0 Å². The SMILES string of the molecule is CC(C)(C)c1ccc2c(c1)-c1c(c1=O)-c1ccc(O)cc1CO2. The predicted octanol–water partition coefficient (Wildman–Crippen LogP) is 4.15. The van der Waals surface area contributed by atoms with Crippen LogP contribution in [0.15, 0.2) is 41.2 Å². The van der Waals surface area contributed by atoms with Crippen LogP contribution in [-0.4, -0.2) is 5.11 Å². The number of phenolic OH excluding ortho intramolecular Hbond substituents is 1. The number of phenols is 1. The summed E-state index contributed by atoms with van der Waals surface area (Å²) in [4.78, 5) is 12.4. The van der Waals surface area contributed by atoms with Gasteiger partial charge in [0.15, 0.2) is 5.43 Å². The fourth-order valence-electron chi connectivity index (χ4n) is 3.10. The van der Waals surface area contributed by atoms with Gasteiger partial charge in [-0.3, -0.25) is 4.79 Å². The van der Waals surface area contributed by atoms with Crippen molar-refractivity contribution in [3.63, 3.8) is 0 Å². The van der Waals surface area contributed by atoms with Crippen LogP contribution in [0.1, 0.15) is 31.9 Å². The number of benzene rings is 2. The van der Waals surface area contributed by atoms with Crippen LogP contribution in [0.5, 0.6) is 11.5 Å². The van der Waals surface area contributed by atoms with Crippen molar-refractivity contribution in [1.82, 2.24) is 0 Å². The van der Waals surface area contributed by atoms with Crippen LogP contribution in [0.4, 0.5) is 0 Å². The summed E-state index contributed by atoms with van der Waals surface area (Å²) in [5.41, 5.74) is 5.38. The molecule has 1 heterocycles. The highest BCUT2D eigenvalue weighted by molar-refractivity contribution is 5.97. The third kappa shape index (κ3) is 2.15. The molecular weight excluding hydrogens is 288 g/mol. The Bertz CT molecular complexity index is 935. The summed E-state index contributed by atoms with van der Waals surface area (Å²) in [6.07, 6.45) is 0. The monoisotopic (exact) mass is 306 g/mol. The Hall–Kier alpha value is -2.55. The summed E-state index contributed by atoms with van der Waals surface area (Å²) in [5.74, 6) is 0.914. The molecule has 0 aromatic heterocycles. The minimum Gasteiger partial charge on any atom is -0.508 e. The molecule has 0 saturated carbocycles. The third-order valence-corrected chi connectivity index (χ3v) is 4.50. The zero-order valence-corrected chi connectivity index (χ0v) is 13.4. The molecule has 0 aliphatic carbocycles. The number of aromatic hydroxyl groups is 1. The number of fused-ring (bicyclic) bond motifs is 5. The van der Waals surface area contributed by atoms with Gasteiger partial charge in [0.05, 0.1) is 0 Å². The first-order chi connectivity index (χ1) is 10.9. The molecule has 0 spiro atoms. The number of hydrogen-bond donors (Lipinski definition) is 1. The van der Waals surface area contributed by atoms with Crippen molar-refractivity contribution in [2.24, 2.45) is 0 Å². The molecule has 0 saturated heterocycles. The van der Waals surface area contributed by atoms with E-state index in [9.17, 15) is 9.90 Å². The van der Waals surface area contributed by atoms with Gasteiger partial charge in [0, 0.05) is 22.3 Å². The van der Waals surface area contributed by atoms with Crippen molar-refractivity contribution in [3.05, 3.63) is 57.7 Å². The summed E-state index contributed by atoms with van der Waals surface area (Å²) in [7, 11) is 0. The van der Waals surface area contributed by atoms with E-state index in [1.807, 2.05) is 6.07 Å². The molecular formula is C20H18O3. The van der Waals surface area contributed by atoms with E-state index in [2.05, 4.69) is 32.9 Å². The lowest BCUT2D eigenvalue weighted by Gasteiger charge is -2.21. The van der Waals surface area contributed by atoms with Gasteiger partial charge in [-0.2, -0.15) is 0 Å². The largest absolute Gasteiger partial charge is 0.508 e. The summed E-state index contributed by atoms with van der Waals surface area (Å²) < 4.78 is 5.93. The second-order valence-electron chi connectivity index (χ2n) is 7.17. The lowest BCUT2D eigenvalue weighted by molar-refractivity contribution is 0.307. The van der Waals surface area contributed by atoms with Crippen molar-refractivity contribution in [2.75, 3.05) is 0 Å². The van der Waals surface area contributed by atoms with E-state index in [0.717, 1.165) is 33.6 Å². The molecule has 4 rings (SSSR count). The predicted molar refractivity (Wildman–Crippen MR) is 90.7 cm³/mol. The van der Waals surface area contributed by atoms with Crippen molar-refractivity contribution in [2.45, 2.75) is 32.8 Å². The van der Waals surface area contributed by atoms with Gasteiger partial charge < -0.3 is 9.84 Å². The van der Waals surface area contributed by atoms with E-state index in [-0.39, 0.29) is 16.6 Å². The lowest BCUT2D eigenvalue weighted by Crippen LogP contribution is -2.11. The molecule has 0 radical (unpaired) electrons. The van der Waals surface area contributed by atoms with Crippen molar-refractivity contribution < 1.29 is 9.84 Å². The molecule has 0 unspecified atom stereocenters. The quantitative estimate of drug-likeness (QED) is 0.678. The summed E-state index contributed by atoms with van der Waals surface area (Å²) in [5, 5.41) is 9.68. The minimum atomic E-state index is 0.0136. The van der Waals surface area contributed by atoms with Gasteiger partial charge in [-0.1, -0.05) is 32.9 Å². The Kier molecular flexibility index (Phi) is 2.74. The van der Waals surface area contributed by atoms with E-state index < -0.39 is 0 Å². The first-order valence-corrected chi connectivity index (χ1v) is 7.75. The molecule has 3 aromatic carbocycles. The second kappa shape index (κ2) is 4.48. The zero-order chi connectivity index (χ0) is 16.4. The second-order valence-corrected chi connectivity index (χ2v) is 7.17. The Morgan fingerprint density at radius 1 is 1.00 bits per heavy atom. The molecule has 23 heavy (non-hydrogen) atoms. The molecule has 0 fully saturated rings. The molecule has 0 atom stereocenters. The highest BCUT2D eigenvalue weighted by Crippen LogP contribution is 2.44. The van der Waals surface area contributed by atoms with Crippen LogP contribution < -0.4 is 10.2 Å². The molecule has 3 nitrogen and oxygen atoms in total. The Labute approximate surface area is 134 Å². The summed E-state index contributed by atoms with van der Waals surface area (Å²) in [6, 6.07) is 11.1. The first kappa shape index (κ1) is 14.1. The molecule has 3 heteroatoms. The van der Waals surface area contributed by atoms with E-state index in [4.69, 9.17) is 4.74 Å². The molecule has 3 aromatic rings. The topological polar surface area (TPSA) is 46.5 Å². The average molecular weight is 306 g/mol. The van der Waals surface area contributed by atoms with Crippen LogP contribution in [-0.2, 0) is 12.0 Å². The van der Waals surface area contributed by atoms with Crippen LogP contribution in [0.3, 0.4) is 0 Å². The fourth-order valence-corrected chi connectivity index (χ4v) is 3.10. The van der Waals surface area contributed by atoms with Gasteiger partial charge >= 0.3 is 0 Å². The average Bonchev–Trinajstić information content (AvgIpc) is 3.12. The van der Waals surface area contributed by atoms with Crippen LogP contribution in [0.25, 0.3) is 22.3 Å². The van der Waals surface area contributed by atoms with Crippen LogP contribution in [0, 0.1) is 0 Å². The van der Waals surface area contributed by atoms with E-state index in [0.29, 0.717) is 6.61 Å².